The standard InChI is InChI=1S/C35H44O10/c1-5-9-17-40-20-25(44-31(36)7-3)22-42-33-27-13-11-12-14-28(27)34(30-19-24(35(38)39)15-16-29(30)33)43-23-26(45-32(37)8-4)21-41-18-10-6-2/h7-8,11-15,25-26H,3-6,9-10,16-23H2,1-2H3,(H,38,39). The number of hydrogen-bond donors (Lipinski definition) is 1. The molecule has 3 rings (SSSR count). The third kappa shape index (κ3) is 10.5. The van der Waals surface area contributed by atoms with Crippen LogP contribution in [-0.4, -0.2) is 74.9 Å². The van der Waals surface area contributed by atoms with Crippen LogP contribution in [0, 0.1) is 0 Å². The van der Waals surface area contributed by atoms with Gasteiger partial charge in [0.1, 0.15) is 24.7 Å². The number of esters is 2. The molecule has 0 spiro atoms. The number of hydrogen-bond acceptors (Lipinski definition) is 9. The van der Waals surface area contributed by atoms with E-state index in [-0.39, 0.29) is 44.8 Å². The average molecular weight is 625 g/mol. The van der Waals surface area contributed by atoms with Crippen molar-refractivity contribution in [3.05, 3.63) is 72.4 Å². The van der Waals surface area contributed by atoms with Crippen LogP contribution in [0.4, 0.5) is 0 Å². The molecule has 0 saturated carbocycles. The van der Waals surface area contributed by atoms with E-state index in [1.54, 1.807) is 6.08 Å². The van der Waals surface area contributed by atoms with Crippen molar-refractivity contribution in [3.63, 3.8) is 0 Å². The van der Waals surface area contributed by atoms with Crippen molar-refractivity contribution < 1.29 is 47.9 Å². The van der Waals surface area contributed by atoms with Crippen LogP contribution in [-0.2, 0) is 46.2 Å². The van der Waals surface area contributed by atoms with Crippen LogP contribution in [0.25, 0.3) is 10.8 Å². The Morgan fingerprint density at radius 2 is 1.29 bits per heavy atom. The first kappa shape index (κ1) is 35.3. The van der Waals surface area contributed by atoms with E-state index in [4.69, 9.17) is 28.4 Å². The molecule has 0 aromatic heterocycles. The molecule has 244 valence electrons. The molecule has 0 aliphatic heterocycles. The zero-order valence-corrected chi connectivity index (χ0v) is 26.2. The lowest BCUT2D eigenvalue weighted by atomic mass is 9.87. The molecule has 10 nitrogen and oxygen atoms in total. The third-order valence-electron chi connectivity index (χ3n) is 7.14. The summed E-state index contributed by atoms with van der Waals surface area (Å²) in [6.07, 6.45) is 6.48. The van der Waals surface area contributed by atoms with Gasteiger partial charge in [-0.15, -0.1) is 0 Å². The van der Waals surface area contributed by atoms with Crippen molar-refractivity contribution in [3.8, 4) is 11.5 Å². The first-order chi connectivity index (χ1) is 21.8. The van der Waals surface area contributed by atoms with Gasteiger partial charge in [-0.3, -0.25) is 0 Å². The number of carbonyl (C=O) groups is 3. The molecule has 0 bridgehead atoms. The molecule has 0 amide bonds. The Balaban J connectivity index is 1.97. The van der Waals surface area contributed by atoms with E-state index in [2.05, 4.69) is 27.0 Å². The Kier molecular flexibility index (Phi) is 14.6. The van der Waals surface area contributed by atoms with Crippen LogP contribution in [0.15, 0.2) is 61.2 Å². The molecule has 1 aliphatic rings. The number of benzene rings is 2. The van der Waals surface area contributed by atoms with Gasteiger partial charge in [0.2, 0.25) is 0 Å². The number of allylic oxidation sites excluding steroid dienone is 1. The summed E-state index contributed by atoms with van der Waals surface area (Å²) >= 11 is 0. The molecule has 0 heterocycles. The van der Waals surface area contributed by atoms with Gasteiger partial charge in [-0.05, 0) is 19.3 Å². The van der Waals surface area contributed by atoms with E-state index in [1.807, 2.05) is 24.3 Å². The molecule has 1 aliphatic carbocycles. The minimum Gasteiger partial charge on any atom is -0.489 e. The predicted molar refractivity (Wildman–Crippen MR) is 170 cm³/mol. The van der Waals surface area contributed by atoms with Gasteiger partial charge in [-0.25, -0.2) is 14.4 Å². The van der Waals surface area contributed by atoms with Crippen molar-refractivity contribution in [2.24, 2.45) is 0 Å². The van der Waals surface area contributed by atoms with Gasteiger partial charge in [-0.2, -0.15) is 0 Å². The first-order valence-corrected chi connectivity index (χ1v) is 15.4. The lowest BCUT2D eigenvalue weighted by Crippen LogP contribution is -2.30. The highest BCUT2D eigenvalue weighted by Gasteiger charge is 2.28. The minimum absolute atomic E-state index is 0.00647. The summed E-state index contributed by atoms with van der Waals surface area (Å²) in [5.41, 5.74) is 1.64. The minimum atomic E-state index is -1.02. The second-order valence-corrected chi connectivity index (χ2v) is 10.6. The number of carboxylic acid groups (broad SMARTS) is 1. The highest BCUT2D eigenvalue weighted by Crippen LogP contribution is 2.44. The van der Waals surface area contributed by atoms with E-state index in [0.717, 1.165) is 48.8 Å². The molecule has 10 heteroatoms. The smallest absolute Gasteiger partial charge is 0.331 e. The van der Waals surface area contributed by atoms with E-state index in [0.29, 0.717) is 35.7 Å². The Labute approximate surface area is 264 Å². The van der Waals surface area contributed by atoms with E-state index >= 15 is 0 Å². The molecule has 2 aromatic carbocycles. The summed E-state index contributed by atoms with van der Waals surface area (Å²) in [6.45, 7) is 12.4. The first-order valence-electron chi connectivity index (χ1n) is 15.4. The lowest BCUT2D eigenvalue weighted by molar-refractivity contribution is -0.148. The van der Waals surface area contributed by atoms with E-state index in [9.17, 15) is 19.5 Å². The Hall–Kier alpha value is -4.15. The van der Waals surface area contributed by atoms with Crippen LogP contribution in [0.3, 0.4) is 0 Å². The predicted octanol–water partition coefficient (Wildman–Crippen LogP) is 5.54. The highest BCUT2D eigenvalue weighted by atomic mass is 16.6. The van der Waals surface area contributed by atoms with Gasteiger partial charge >= 0.3 is 17.9 Å². The average Bonchev–Trinajstić information content (AvgIpc) is 3.05. The number of fused-ring (bicyclic) bond motifs is 2. The molecule has 0 fully saturated rings. The molecule has 2 unspecified atom stereocenters. The normalized spacial score (nSPS) is 13.6. The van der Waals surface area contributed by atoms with Crippen LogP contribution in [0.1, 0.15) is 50.7 Å². The summed E-state index contributed by atoms with van der Waals surface area (Å²) in [5, 5.41) is 11.3. The van der Waals surface area contributed by atoms with Gasteiger partial charge in [0.15, 0.2) is 12.2 Å². The molecular weight excluding hydrogens is 580 g/mol. The fourth-order valence-corrected chi connectivity index (χ4v) is 4.79. The van der Waals surface area contributed by atoms with Crippen molar-refractivity contribution in [2.45, 2.75) is 64.6 Å². The molecule has 2 atom stereocenters. The molecule has 45 heavy (non-hydrogen) atoms. The summed E-state index contributed by atoms with van der Waals surface area (Å²) in [6, 6.07) is 7.47. The maximum Gasteiger partial charge on any atom is 0.331 e. The molecular formula is C35H44O10. The van der Waals surface area contributed by atoms with E-state index < -0.39 is 30.1 Å². The Bertz CT molecular complexity index is 1360. The fourth-order valence-electron chi connectivity index (χ4n) is 4.79. The van der Waals surface area contributed by atoms with Crippen LogP contribution >= 0.6 is 0 Å². The second kappa shape index (κ2) is 18.6. The largest absolute Gasteiger partial charge is 0.489 e. The van der Waals surface area contributed by atoms with Gasteiger partial charge in [0, 0.05) is 59.3 Å². The van der Waals surface area contributed by atoms with Crippen molar-refractivity contribution in [1.29, 1.82) is 0 Å². The van der Waals surface area contributed by atoms with Crippen molar-refractivity contribution in [1.82, 2.24) is 0 Å². The third-order valence-corrected chi connectivity index (χ3v) is 7.14. The van der Waals surface area contributed by atoms with Gasteiger partial charge in [0.05, 0.1) is 13.2 Å². The summed E-state index contributed by atoms with van der Waals surface area (Å²) in [4.78, 5) is 36.1. The number of carbonyl (C=O) groups excluding carboxylic acids is 2. The number of aliphatic carboxylic acids is 1. The zero-order valence-electron chi connectivity index (χ0n) is 26.2. The van der Waals surface area contributed by atoms with Crippen molar-refractivity contribution >= 4 is 28.7 Å². The lowest BCUT2D eigenvalue weighted by Gasteiger charge is -2.27. The quantitative estimate of drug-likeness (QED) is 0.108. The number of carboxylic acids is 1. The van der Waals surface area contributed by atoms with Gasteiger partial charge in [0.25, 0.3) is 0 Å². The van der Waals surface area contributed by atoms with Crippen molar-refractivity contribution in [2.75, 3.05) is 39.6 Å². The monoisotopic (exact) mass is 624 g/mol. The molecule has 2 aromatic rings. The summed E-state index contributed by atoms with van der Waals surface area (Å²) in [5.74, 6) is -1.19. The fraction of sp³-hybridized carbons (Fsp3) is 0.457. The van der Waals surface area contributed by atoms with Gasteiger partial charge in [-0.1, -0.05) is 70.2 Å². The van der Waals surface area contributed by atoms with Crippen LogP contribution in [0.2, 0.25) is 0 Å². The van der Waals surface area contributed by atoms with Crippen LogP contribution < -0.4 is 9.47 Å². The summed E-state index contributed by atoms with van der Waals surface area (Å²) < 4.78 is 35.2. The highest BCUT2D eigenvalue weighted by molar-refractivity contribution is 5.98. The zero-order chi connectivity index (χ0) is 32.6. The van der Waals surface area contributed by atoms with E-state index in [1.165, 1.54) is 0 Å². The van der Waals surface area contributed by atoms with Crippen LogP contribution in [0.5, 0.6) is 11.5 Å². The SMILES string of the molecule is C=CC(=O)OC(COCCCC)COc1c2c(c(OCC(COCCCC)OC(=O)C=C)c3ccccc13)CC(C(=O)O)=CC2. The number of rotatable bonds is 21. The second-order valence-electron chi connectivity index (χ2n) is 10.6. The topological polar surface area (TPSA) is 127 Å². The molecule has 0 radical (unpaired) electrons. The summed E-state index contributed by atoms with van der Waals surface area (Å²) in [7, 11) is 0. The Morgan fingerprint density at radius 1 is 0.800 bits per heavy atom. The van der Waals surface area contributed by atoms with Gasteiger partial charge < -0.3 is 33.5 Å². The number of unbranched alkanes of at least 4 members (excludes halogenated alkanes) is 2. The maximum absolute atomic E-state index is 12.1. The number of ether oxygens (including phenoxy) is 6. The molecule has 0 saturated heterocycles. The molecule has 1 N–H and O–H groups in total. The Morgan fingerprint density at radius 3 is 1.73 bits per heavy atom. The maximum atomic E-state index is 12.1.